The lowest BCUT2D eigenvalue weighted by Crippen LogP contribution is -2.52. The molecule has 1 atom stereocenters. The zero-order valence-corrected chi connectivity index (χ0v) is 23.7. The third kappa shape index (κ3) is 6.15. The van der Waals surface area contributed by atoms with Crippen molar-refractivity contribution < 1.29 is 19.0 Å². The van der Waals surface area contributed by atoms with Gasteiger partial charge in [-0.15, -0.1) is 0 Å². The molecule has 2 saturated heterocycles. The number of hydrogen-bond acceptors (Lipinski definition) is 7. The van der Waals surface area contributed by atoms with Gasteiger partial charge in [0.05, 0.1) is 25.9 Å². The van der Waals surface area contributed by atoms with Gasteiger partial charge in [0.2, 0.25) is 0 Å². The number of likely N-dealkylation sites (N-methyl/N-ethyl adjacent to an activating group) is 1. The van der Waals surface area contributed by atoms with Crippen molar-refractivity contribution in [1.82, 2.24) is 15.2 Å². The van der Waals surface area contributed by atoms with Crippen molar-refractivity contribution in [1.29, 1.82) is 0 Å². The third-order valence-electron chi connectivity index (χ3n) is 8.45. The molecule has 1 saturated carbocycles. The van der Waals surface area contributed by atoms with E-state index in [-0.39, 0.29) is 30.2 Å². The number of anilines is 1. The van der Waals surface area contributed by atoms with Crippen LogP contribution in [0.4, 0.5) is 5.69 Å². The smallest absolute Gasteiger partial charge is 0.253 e. The molecule has 1 amide bonds. The first-order valence-corrected chi connectivity index (χ1v) is 14.3. The summed E-state index contributed by atoms with van der Waals surface area (Å²) in [7, 11) is 0. The topological polar surface area (TPSA) is 96.1 Å². The quantitative estimate of drug-likeness (QED) is 0.507. The van der Waals surface area contributed by atoms with E-state index in [4.69, 9.17) is 14.2 Å². The van der Waals surface area contributed by atoms with Crippen LogP contribution in [0, 0.1) is 20.8 Å². The highest BCUT2D eigenvalue weighted by Gasteiger charge is 2.36. The number of carbonyl (C=O) groups excluding carboxylic acids is 1. The number of rotatable bonds is 9. The molecule has 9 nitrogen and oxygen atoms in total. The molecule has 1 aliphatic carbocycles. The standard InChI is InChI=1S/C30H42N4O5/c1-5-34(22-6-9-38-18-22)28-16-25(39-24-13-23(14-24)33-7-10-37-11-8-33)15-26(21(28)4)29(35)31-17-27-19(2)12-20(3)32-30(27)36/h12,15-16,22-24H,5-11,13-14,17-18H2,1-4H3,(H,31,35)(H,32,36)/t22?,23-,24-. The van der Waals surface area contributed by atoms with E-state index in [0.29, 0.717) is 29.5 Å². The monoisotopic (exact) mass is 538 g/mol. The fraction of sp³-hybridized carbons (Fsp3) is 0.600. The van der Waals surface area contributed by atoms with Gasteiger partial charge in [0.25, 0.3) is 11.5 Å². The Morgan fingerprint density at radius 1 is 1.13 bits per heavy atom. The predicted octanol–water partition coefficient (Wildman–Crippen LogP) is 3.09. The Bertz CT molecular complexity index is 1230. The number of nitrogens with zero attached hydrogens (tertiary/aromatic N) is 2. The molecule has 5 rings (SSSR count). The lowest BCUT2D eigenvalue weighted by atomic mass is 9.87. The molecular weight excluding hydrogens is 496 g/mol. The second kappa shape index (κ2) is 12.1. The normalized spacial score (nSPS) is 23.3. The molecule has 212 valence electrons. The summed E-state index contributed by atoms with van der Waals surface area (Å²) in [5.41, 5.74) is 4.56. The molecule has 1 aromatic carbocycles. The number of aromatic nitrogens is 1. The van der Waals surface area contributed by atoms with Crippen LogP contribution >= 0.6 is 0 Å². The molecule has 3 aliphatic rings. The van der Waals surface area contributed by atoms with Crippen molar-refractivity contribution in [2.24, 2.45) is 0 Å². The summed E-state index contributed by atoms with van der Waals surface area (Å²) in [6.07, 6.45) is 3.05. The van der Waals surface area contributed by atoms with Crippen LogP contribution in [-0.4, -0.2) is 80.0 Å². The molecule has 1 aromatic heterocycles. The number of H-pyrrole nitrogens is 1. The van der Waals surface area contributed by atoms with Crippen molar-refractivity contribution >= 4 is 11.6 Å². The third-order valence-corrected chi connectivity index (χ3v) is 8.45. The molecule has 3 heterocycles. The number of pyridine rings is 1. The number of hydrogen-bond donors (Lipinski definition) is 2. The Balaban J connectivity index is 1.37. The summed E-state index contributed by atoms with van der Waals surface area (Å²) in [5, 5.41) is 2.99. The van der Waals surface area contributed by atoms with E-state index in [2.05, 4.69) is 33.1 Å². The highest BCUT2D eigenvalue weighted by Crippen LogP contribution is 2.36. The molecule has 2 aliphatic heterocycles. The summed E-state index contributed by atoms with van der Waals surface area (Å²) in [5.74, 6) is 0.505. The highest BCUT2D eigenvalue weighted by atomic mass is 16.5. The highest BCUT2D eigenvalue weighted by molar-refractivity contribution is 5.97. The number of ether oxygens (including phenoxy) is 3. The van der Waals surface area contributed by atoms with Gasteiger partial charge < -0.3 is 29.4 Å². The second-order valence-corrected chi connectivity index (χ2v) is 11.1. The van der Waals surface area contributed by atoms with Gasteiger partial charge in [0, 0.05) is 80.2 Å². The van der Waals surface area contributed by atoms with Crippen molar-refractivity contribution in [2.75, 3.05) is 51.0 Å². The van der Waals surface area contributed by atoms with Crippen molar-refractivity contribution in [3.05, 3.63) is 56.5 Å². The van der Waals surface area contributed by atoms with Crippen molar-refractivity contribution in [3.8, 4) is 5.75 Å². The fourth-order valence-electron chi connectivity index (χ4n) is 6.10. The minimum atomic E-state index is -0.211. The van der Waals surface area contributed by atoms with Gasteiger partial charge in [-0.3, -0.25) is 14.5 Å². The molecular formula is C30H42N4O5. The maximum atomic E-state index is 13.6. The molecule has 2 N–H and O–H groups in total. The molecule has 9 heteroatoms. The van der Waals surface area contributed by atoms with Gasteiger partial charge in [-0.05, 0) is 57.4 Å². The maximum absolute atomic E-state index is 13.6. The molecule has 1 unspecified atom stereocenters. The van der Waals surface area contributed by atoms with E-state index in [0.717, 1.165) is 81.2 Å². The number of nitrogens with one attached hydrogen (secondary N) is 2. The van der Waals surface area contributed by atoms with Crippen LogP contribution in [0.1, 0.15) is 58.9 Å². The first-order valence-electron chi connectivity index (χ1n) is 14.3. The molecule has 3 fully saturated rings. The van der Waals surface area contributed by atoms with Crippen LogP contribution in [0.2, 0.25) is 0 Å². The number of benzene rings is 1. The van der Waals surface area contributed by atoms with Gasteiger partial charge in [0.15, 0.2) is 0 Å². The lowest BCUT2D eigenvalue weighted by Gasteiger charge is -2.44. The van der Waals surface area contributed by atoms with Crippen LogP contribution in [0.5, 0.6) is 5.75 Å². The first-order chi connectivity index (χ1) is 18.8. The van der Waals surface area contributed by atoms with Crippen molar-refractivity contribution in [2.45, 2.75) is 71.7 Å². The van der Waals surface area contributed by atoms with Crippen molar-refractivity contribution in [3.63, 3.8) is 0 Å². The van der Waals surface area contributed by atoms with Gasteiger partial charge in [-0.1, -0.05) is 0 Å². The Morgan fingerprint density at radius 3 is 2.56 bits per heavy atom. The van der Waals surface area contributed by atoms with Crippen LogP contribution in [0.3, 0.4) is 0 Å². The zero-order valence-electron chi connectivity index (χ0n) is 23.7. The summed E-state index contributed by atoms with van der Waals surface area (Å²) in [4.78, 5) is 33.7. The average molecular weight is 539 g/mol. The molecule has 0 bridgehead atoms. The van der Waals surface area contributed by atoms with E-state index in [9.17, 15) is 9.59 Å². The molecule has 0 radical (unpaired) electrons. The molecule has 39 heavy (non-hydrogen) atoms. The summed E-state index contributed by atoms with van der Waals surface area (Å²) in [6, 6.07) is 6.67. The summed E-state index contributed by atoms with van der Waals surface area (Å²) < 4.78 is 17.7. The second-order valence-electron chi connectivity index (χ2n) is 11.1. The number of morpholine rings is 1. The minimum Gasteiger partial charge on any atom is -0.490 e. The zero-order chi connectivity index (χ0) is 27.5. The Kier molecular flexibility index (Phi) is 8.59. The molecule has 2 aromatic rings. The number of aromatic amines is 1. The van der Waals surface area contributed by atoms with Gasteiger partial charge in [-0.25, -0.2) is 0 Å². The van der Waals surface area contributed by atoms with Crippen LogP contribution in [0.15, 0.2) is 23.0 Å². The summed E-state index contributed by atoms with van der Waals surface area (Å²) >= 11 is 0. The summed E-state index contributed by atoms with van der Waals surface area (Å²) in [6.45, 7) is 13.8. The Labute approximate surface area is 230 Å². The Hall–Kier alpha value is -2.88. The van der Waals surface area contributed by atoms with Gasteiger partial charge in [0.1, 0.15) is 11.9 Å². The SMILES string of the molecule is CCN(c1cc(O[C@H]2C[C@H](N3CCOCC3)C2)cc(C(=O)NCc2c(C)cc(C)[nH]c2=O)c1C)C1CCOC1. The van der Waals surface area contributed by atoms with Gasteiger partial charge in [-0.2, -0.15) is 0 Å². The van der Waals surface area contributed by atoms with Crippen LogP contribution in [0.25, 0.3) is 0 Å². The Morgan fingerprint density at radius 2 is 1.90 bits per heavy atom. The number of aryl methyl sites for hydroxylation is 2. The van der Waals surface area contributed by atoms with E-state index >= 15 is 0 Å². The fourth-order valence-corrected chi connectivity index (χ4v) is 6.10. The maximum Gasteiger partial charge on any atom is 0.253 e. The van der Waals surface area contributed by atoms with Crippen LogP contribution in [-0.2, 0) is 16.0 Å². The lowest BCUT2D eigenvalue weighted by molar-refractivity contribution is -0.0373. The van der Waals surface area contributed by atoms with E-state index in [1.54, 1.807) is 0 Å². The van der Waals surface area contributed by atoms with E-state index < -0.39 is 0 Å². The number of carbonyl (C=O) groups is 1. The largest absolute Gasteiger partial charge is 0.490 e. The molecule has 0 spiro atoms. The number of amides is 1. The van der Waals surface area contributed by atoms with E-state index in [1.165, 1.54) is 0 Å². The van der Waals surface area contributed by atoms with Gasteiger partial charge >= 0.3 is 0 Å². The van der Waals surface area contributed by atoms with Crippen LogP contribution < -0.4 is 20.5 Å². The minimum absolute atomic E-state index is 0.128. The predicted molar refractivity (Wildman–Crippen MR) is 151 cm³/mol. The van der Waals surface area contributed by atoms with E-state index in [1.807, 2.05) is 32.9 Å². The first kappa shape index (κ1) is 27.7. The average Bonchev–Trinajstić information content (AvgIpc) is 3.42.